The summed E-state index contributed by atoms with van der Waals surface area (Å²) in [5.41, 5.74) is 2.52. The molecule has 0 spiro atoms. The second-order valence-corrected chi connectivity index (χ2v) is 7.92. The number of nitrogens with one attached hydrogen (secondary N) is 2. The molecule has 27 heavy (non-hydrogen) atoms. The van der Waals surface area contributed by atoms with Gasteiger partial charge in [-0.2, -0.15) is 0 Å². The van der Waals surface area contributed by atoms with Gasteiger partial charge in [-0.1, -0.05) is 45.9 Å². The SMILES string of the molecule is CSC1=NN2C(=c3cc(Br)ccc3=N[C@H]2c2c[nH]c3ccccc23)C(=O)N1. The number of amidine groups is 1. The van der Waals surface area contributed by atoms with E-state index < -0.39 is 6.17 Å². The summed E-state index contributed by atoms with van der Waals surface area (Å²) in [4.78, 5) is 21.1. The maximum Gasteiger partial charge on any atom is 0.276 e. The minimum atomic E-state index is -0.418. The second kappa shape index (κ2) is 6.24. The molecule has 0 aliphatic carbocycles. The highest BCUT2D eigenvalue weighted by molar-refractivity contribution is 9.10. The van der Waals surface area contributed by atoms with Gasteiger partial charge in [0, 0.05) is 32.4 Å². The molecule has 2 aromatic carbocycles. The third kappa shape index (κ3) is 2.59. The zero-order valence-corrected chi connectivity index (χ0v) is 16.6. The fourth-order valence-electron chi connectivity index (χ4n) is 3.45. The van der Waals surface area contributed by atoms with Gasteiger partial charge in [0.25, 0.3) is 5.91 Å². The first-order valence-corrected chi connectivity index (χ1v) is 10.3. The third-order valence-electron chi connectivity index (χ3n) is 4.66. The zero-order valence-electron chi connectivity index (χ0n) is 14.2. The Morgan fingerprint density at radius 3 is 2.93 bits per heavy atom. The topological polar surface area (TPSA) is 72.8 Å². The van der Waals surface area contributed by atoms with Crippen LogP contribution >= 0.6 is 27.7 Å². The molecule has 1 amide bonds. The molecule has 2 aliphatic heterocycles. The van der Waals surface area contributed by atoms with Gasteiger partial charge in [-0.25, -0.2) is 5.01 Å². The molecule has 5 rings (SSSR count). The molecule has 2 N–H and O–H groups in total. The number of H-pyrrole nitrogens is 1. The smallest absolute Gasteiger partial charge is 0.276 e. The fourth-order valence-corrected chi connectivity index (χ4v) is 4.18. The molecule has 2 aliphatic rings. The Morgan fingerprint density at radius 2 is 2.07 bits per heavy atom. The highest BCUT2D eigenvalue weighted by Crippen LogP contribution is 2.34. The molecule has 0 bridgehead atoms. The molecular formula is C19H14BrN5OS. The Balaban J connectivity index is 1.82. The van der Waals surface area contributed by atoms with E-state index >= 15 is 0 Å². The predicted octanol–water partition coefficient (Wildman–Crippen LogP) is 2.44. The van der Waals surface area contributed by atoms with Gasteiger partial charge < -0.3 is 4.98 Å². The molecule has 0 unspecified atom stereocenters. The third-order valence-corrected chi connectivity index (χ3v) is 5.73. The first kappa shape index (κ1) is 16.6. The number of halogens is 1. The number of aromatic nitrogens is 1. The summed E-state index contributed by atoms with van der Waals surface area (Å²) in [5, 5.41) is 12.4. The van der Waals surface area contributed by atoms with E-state index in [9.17, 15) is 4.79 Å². The number of hydrogen-bond acceptors (Lipinski definition) is 5. The Kier molecular flexibility index (Phi) is 3.84. The van der Waals surface area contributed by atoms with Gasteiger partial charge >= 0.3 is 0 Å². The molecule has 134 valence electrons. The van der Waals surface area contributed by atoms with E-state index in [4.69, 9.17) is 4.99 Å². The van der Waals surface area contributed by atoms with Crippen LogP contribution in [-0.4, -0.2) is 27.3 Å². The number of rotatable bonds is 1. The summed E-state index contributed by atoms with van der Waals surface area (Å²) < 4.78 is 0.891. The summed E-state index contributed by atoms with van der Waals surface area (Å²) in [7, 11) is 0. The largest absolute Gasteiger partial charge is 0.361 e. The number of benzene rings is 2. The van der Waals surface area contributed by atoms with Gasteiger partial charge in [0.05, 0.1) is 5.36 Å². The van der Waals surface area contributed by atoms with E-state index in [1.807, 2.05) is 48.9 Å². The molecule has 1 atom stereocenters. The highest BCUT2D eigenvalue weighted by Gasteiger charge is 2.35. The molecule has 0 saturated heterocycles. The molecule has 3 aromatic rings. The molecule has 6 nitrogen and oxygen atoms in total. The van der Waals surface area contributed by atoms with Crippen LogP contribution in [0.4, 0.5) is 0 Å². The maximum atomic E-state index is 12.9. The van der Waals surface area contributed by atoms with E-state index in [2.05, 4.69) is 37.4 Å². The van der Waals surface area contributed by atoms with Crippen LogP contribution in [0.3, 0.4) is 0 Å². The highest BCUT2D eigenvalue weighted by atomic mass is 79.9. The average Bonchev–Trinajstić information content (AvgIpc) is 3.11. The van der Waals surface area contributed by atoms with Crippen molar-refractivity contribution in [3.63, 3.8) is 0 Å². The van der Waals surface area contributed by atoms with Crippen LogP contribution in [0.1, 0.15) is 11.7 Å². The molecule has 1 aromatic heterocycles. The quantitative estimate of drug-likeness (QED) is 0.611. The van der Waals surface area contributed by atoms with Crippen molar-refractivity contribution < 1.29 is 4.79 Å². The second-order valence-electron chi connectivity index (χ2n) is 6.21. The van der Waals surface area contributed by atoms with Crippen molar-refractivity contribution >= 4 is 55.4 Å². The molecule has 0 fully saturated rings. The molecule has 0 radical (unpaired) electrons. The lowest BCUT2D eigenvalue weighted by Gasteiger charge is -2.33. The van der Waals surface area contributed by atoms with Crippen molar-refractivity contribution in [3.05, 3.63) is 69.3 Å². The van der Waals surface area contributed by atoms with Gasteiger partial charge in [0.1, 0.15) is 5.70 Å². The van der Waals surface area contributed by atoms with E-state index in [1.54, 1.807) is 5.01 Å². The summed E-state index contributed by atoms with van der Waals surface area (Å²) in [6.45, 7) is 0. The van der Waals surface area contributed by atoms with Crippen molar-refractivity contribution in [1.82, 2.24) is 15.3 Å². The van der Waals surface area contributed by atoms with Crippen molar-refractivity contribution in [2.24, 2.45) is 10.1 Å². The van der Waals surface area contributed by atoms with Crippen LogP contribution in [0, 0.1) is 0 Å². The van der Waals surface area contributed by atoms with Crippen molar-refractivity contribution in [1.29, 1.82) is 0 Å². The van der Waals surface area contributed by atoms with E-state index in [-0.39, 0.29) is 5.91 Å². The van der Waals surface area contributed by atoms with Crippen LogP contribution in [0.25, 0.3) is 16.6 Å². The van der Waals surface area contributed by atoms with Crippen LogP contribution < -0.4 is 15.9 Å². The number of carbonyl (C=O) groups excluding carboxylic acids is 1. The Bertz CT molecular complexity index is 1250. The predicted molar refractivity (Wildman–Crippen MR) is 110 cm³/mol. The molecule has 8 heteroatoms. The minimum Gasteiger partial charge on any atom is -0.361 e. The number of para-hydroxylation sites is 1. The van der Waals surface area contributed by atoms with E-state index in [0.717, 1.165) is 31.5 Å². The lowest BCUT2D eigenvalue weighted by Crippen LogP contribution is -2.50. The number of hydrogen-bond donors (Lipinski definition) is 2. The van der Waals surface area contributed by atoms with Crippen molar-refractivity contribution in [2.45, 2.75) is 6.17 Å². The lowest BCUT2D eigenvalue weighted by molar-refractivity contribution is -0.116. The summed E-state index contributed by atoms with van der Waals surface area (Å²) in [6.07, 6.45) is 3.41. The van der Waals surface area contributed by atoms with E-state index in [0.29, 0.717) is 10.9 Å². The lowest BCUT2D eigenvalue weighted by atomic mass is 10.1. The van der Waals surface area contributed by atoms with Gasteiger partial charge in [-0.05, 0) is 30.5 Å². The Hall–Kier alpha value is -2.58. The standard InChI is InChI=1S/C19H14BrN5OS/c1-27-19-23-18(26)16-12-8-10(20)6-7-15(12)22-17(25(16)24-19)13-9-21-14-5-3-2-4-11(13)14/h2-9,17,21H,1H3,(H,23,24,26)/t17-/m1/s1. The zero-order chi connectivity index (χ0) is 18.5. The first-order chi connectivity index (χ1) is 13.2. The molecular weight excluding hydrogens is 426 g/mol. The van der Waals surface area contributed by atoms with Crippen LogP contribution in [0.2, 0.25) is 0 Å². The van der Waals surface area contributed by atoms with Crippen molar-refractivity contribution in [3.8, 4) is 0 Å². The minimum absolute atomic E-state index is 0.173. The Labute approximate surface area is 167 Å². The summed E-state index contributed by atoms with van der Waals surface area (Å²) >= 11 is 4.89. The van der Waals surface area contributed by atoms with Gasteiger partial charge in [-0.3, -0.25) is 15.1 Å². The van der Waals surface area contributed by atoms with Crippen LogP contribution in [0.5, 0.6) is 0 Å². The van der Waals surface area contributed by atoms with E-state index in [1.165, 1.54) is 11.8 Å². The number of fused-ring (bicyclic) bond motifs is 3. The summed E-state index contributed by atoms with van der Waals surface area (Å²) in [5.74, 6) is -0.173. The van der Waals surface area contributed by atoms with Gasteiger partial charge in [0.2, 0.25) is 0 Å². The monoisotopic (exact) mass is 439 g/mol. The normalized spacial score (nSPS) is 18.5. The number of nitrogens with zero attached hydrogens (tertiary/aromatic N) is 3. The van der Waals surface area contributed by atoms with Crippen molar-refractivity contribution in [2.75, 3.05) is 6.26 Å². The number of thioether (sulfide) groups is 1. The maximum absolute atomic E-state index is 12.9. The van der Waals surface area contributed by atoms with Gasteiger partial charge in [0.15, 0.2) is 11.3 Å². The number of hydrazone groups is 1. The summed E-state index contributed by atoms with van der Waals surface area (Å²) in [6, 6.07) is 13.8. The number of amides is 1. The first-order valence-electron chi connectivity index (χ1n) is 8.32. The average molecular weight is 440 g/mol. The number of carbonyl (C=O) groups is 1. The molecule has 0 saturated carbocycles. The number of aromatic amines is 1. The Morgan fingerprint density at radius 1 is 1.22 bits per heavy atom. The van der Waals surface area contributed by atoms with Gasteiger partial charge in [-0.15, -0.1) is 5.10 Å². The fraction of sp³-hybridized carbons (Fsp3) is 0.105. The van der Waals surface area contributed by atoms with Crippen LogP contribution in [-0.2, 0) is 4.79 Å². The van der Waals surface area contributed by atoms with Crippen LogP contribution in [0.15, 0.2) is 63.2 Å². The molecule has 3 heterocycles.